The van der Waals surface area contributed by atoms with E-state index < -0.39 is 0 Å². The maximum Gasteiger partial charge on any atom is 0.250 e. The summed E-state index contributed by atoms with van der Waals surface area (Å²) in [5, 5.41) is 5.04. The van der Waals surface area contributed by atoms with Gasteiger partial charge in [0.1, 0.15) is 12.4 Å². The summed E-state index contributed by atoms with van der Waals surface area (Å²) in [6.45, 7) is 3.13. The number of ether oxygens (including phenoxy) is 3. The number of hydrogen-bond donors (Lipinski definition) is 2. The van der Waals surface area contributed by atoms with Crippen molar-refractivity contribution in [2.45, 2.75) is 64.2 Å². The molecule has 0 saturated carbocycles. The number of allylic oxidation sites excluding steroid dienone is 1. The molecule has 0 aromatic heterocycles. The van der Waals surface area contributed by atoms with Gasteiger partial charge in [-0.1, -0.05) is 42.5 Å². The van der Waals surface area contributed by atoms with E-state index in [1.807, 2.05) is 55.5 Å². The highest BCUT2D eigenvalue weighted by Gasteiger charge is 2.16. The van der Waals surface area contributed by atoms with Crippen LogP contribution in [0, 0.1) is 0 Å². The van der Waals surface area contributed by atoms with E-state index in [9.17, 15) is 9.59 Å². The normalized spacial score (nSPS) is 16.9. The summed E-state index contributed by atoms with van der Waals surface area (Å²) in [5.74, 6) is 0.382. The number of fused-ring (bicyclic) bond motifs is 1. The molecule has 2 atom stereocenters. The molecular formula is C28H38N2O6. The van der Waals surface area contributed by atoms with Crippen molar-refractivity contribution in [3.05, 3.63) is 54.1 Å². The van der Waals surface area contributed by atoms with Crippen LogP contribution in [0.2, 0.25) is 0 Å². The van der Waals surface area contributed by atoms with Gasteiger partial charge in [0.2, 0.25) is 5.91 Å². The standard InChI is InChI=1S/C28H38N2O6/c1-21(19-33-2)29-28(32)23(20-35-25-15-10-13-22-11-6-7-14-24(22)25)12-4-3-5-16-26(31)30-36-27-17-8-9-18-34-27/h6-7,10-15,21,27H,3-5,8-9,16-20H2,1-2H3,(H,29,32)(H,30,31). The van der Waals surface area contributed by atoms with Crippen molar-refractivity contribution in [1.82, 2.24) is 10.8 Å². The molecular weight excluding hydrogens is 460 g/mol. The van der Waals surface area contributed by atoms with Crippen molar-refractivity contribution in [2.75, 3.05) is 26.9 Å². The summed E-state index contributed by atoms with van der Waals surface area (Å²) in [7, 11) is 1.60. The topological polar surface area (TPSA) is 95.1 Å². The van der Waals surface area contributed by atoms with Crippen LogP contribution in [0.5, 0.6) is 5.75 Å². The largest absolute Gasteiger partial charge is 0.488 e. The van der Waals surface area contributed by atoms with Crippen LogP contribution in [0.1, 0.15) is 51.9 Å². The number of hydrogen-bond acceptors (Lipinski definition) is 6. The van der Waals surface area contributed by atoms with E-state index in [1.54, 1.807) is 7.11 Å². The van der Waals surface area contributed by atoms with Gasteiger partial charge >= 0.3 is 0 Å². The highest BCUT2D eigenvalue weighted by Crippen LogP contribution is 2.25. The molecule has 1 aliphatic rings. The van der Waals surface area contributed by atoms with E-state index >= 15 is 0 Å². The number of amides is 2. The van der Waals surface area contributed by atoms with Crippen molar-refractivity contribution in [3.8, 4) is 5.75 Å². The Balaban J connectivity index is 1.50. The summed E-state index contributed by atoms with van der Waals surface area (Å²) in [4.78, 5) is 30.3. The zero-order chi connectivity index (χ0) is 25.6. The molecule has 3 rings (SSSR count). The lowest BCUT2D eigenvalue weighted by Crippen LogP contribution is -2.37. The molecule has 0 radical (unpaired) electrons. The van der Waals surface area contributed by atoms with E-state index in [2.05, 4.69) is 10.8 Å². The van der Waals surface area contributed by atoms with Gasteiger partial charge in [0.25, 0.3) is 5.91 Å². The molecule has 2 aromatic carbocycles. The lowest BCUT2D eigenvalue weighted by molar-refractivity contribution is -0.200. The van der Waals surface area contributed by atoms with Gasteiger partial charge in [0.05, 0.1) is 12.2 Å². The average Bonchev–Trinajstić information content (AvgIpc) is 2.89. The molecule has 0 spiro atoms. The zero-order valence-electron chi connectivity index (χ0n) is 21.3. The van der Waals surface area contributed by atoms with Crippen LogP contribution in [0.25, 0.3) is 10.8 Å². The van der Waals surface area contributed by atoms with Gasteiger partial charge in [-0.25, -0.2) is 10.3 Å². The van der Waals surface area contributed by atoms with Gasteiger partial charge < -0.3 is 19.5 Å². The molecule has 1 heterocycles. The third kappa shape index (κ3) is 9.26. The van der Waals surface area contributed by atoms with Crippen LogP contribution in [0.15, 0.2) is 54.1 Å². The first-order valence-electron chi connectivity index (χ1n) is 12.7. The Bertz CT molecular complexity index is 997. The van der Waals surface area contributed by atoms with Crippen LogP contribution < -0.4 is 15.5 Å². The van der Waals surface area contributed by atoms with Gasteiger partial charge in [-0.3, -0.25) is 9.59 Å². The van der Waals surface area contributed by atoms with Crippen molar-refractivity contribution in [3.63, 3.8) is 0 Å². The molecule has 1 fully saturated rings. The van der Waals surface area contributed by atoms with Crippen LogP contribution in [-0.2, 0) is 23.9 Å². The lowest BCUT2D eigenvalue weighted by atomic mass is 10.1. The summed E-state index contributed by atoms with van der Waals surface area (Å²) in [6, 6.07) is 13.7. The van der Waals surface area contributed by atoms with Crippen LogP contribution in [0.3, 0.4) is 0 Å². The average molecular weight is 499 g/mol. The van der Waals surface area contributed by atoms with Gasteiger partial charge in [-0.15, -0.1) is 0 Å². The predicted molar refractivity (Wildman–Crippen MR) is 138 cm³/mol. The minimum atomic E-state index is -0.353. The number of hydroxylamine groups is 1. The third-order valence-electron chi connectivity index (χ3n) is 5.91. The molecule has 0 aliphatic carbocycles. The second-order valence-electron chi connectivity index (χ2n) is 9.01. The van der Waals surface area contributed by atoms with Gasteiger partial charge in [-0.2, -0.15) is 0 Å². The number of carbonyl (C=O) groups excluding carboxylic acids is 2. The fourth-order valence-electron chi connectivity index (χ4n) is 4.00. The first kappa shape index (κ1) is 27.6. The molecule has 0 bridgehead atoms. The Kier molecular flexibility index (Phi) is 11.7. The molecule has 36 heavy (non-hydrogen) atoms. The monoisotopic (exact) mass is 498 g/mol. The first-order chi connectivity index (χ1) is 17.6. The SMILES string of the molecule is COCC(C)NC(=O)C(=CCCCCC(=O)NOC1CCCCO1)COc1cccc2ccccc12. The Morgan fingerprint density at radius 1 is 1.14 bits per heavy atom. The summed E-state index contributed by atoms with van der Waals surface area (Å²) < 4.78 is 16.6. The van der Waals surface area contributed by atoms with Crippen molar-refractivity contribution >= 4 is 22.6 Å². The zero-order valence-corrected chi connectivity index (χ0v) is 21.3. The Labute approximate surface area is 213 Å². The predicted octanol–water partition coefficient (Wildman–Crippen LogP) is 4.43. The van der Waals surface area contributed by atoms with Gasteiger partial charge in [0.15, 0.2) is 6.29 Å². The quantitative estimate of drug-likeness (QED) is 0.227. The minimum absolute atomic E-state index is 0.125. The summed E-state index contributed by atoms with van der Waals surface area (Å²) >= 11 is 0. The molecule has 2 unspecified atom stereocenters. The van der Waals surface area contributed by atoms with Crippen LogP contribution in [0.4, 0.5) is 0 Å². The first-order valence-corrected chi connectivity index (χ1v) is 12.7. The molecule has 8 nitrogen and oxygen atoms in total. The minimum Gasteiger partial charge on any atom is -0.488 e. The van der Waals surface area contributed by atoms with Crippen LogP contribution >= 0.6 is 0 Å². The van der Waals surface area contributed by atoms with Crippen molar-refractivity contribution in [2.24, 2.45) is 0 Å². The summed E-state index contributed by atoms with van der Waals surface area (Å²) in [5.41, 5.74) is 3.03. The van der Waals surface area contributed by atoms with Crippen molar-refractivity contribution in [1.29, 1.82) is 0 Å². The fraction of sp³-hybridized carbons (Fsp3) is 0.500. The number of nitrogens with one attached hydrogen (secondary N) is 2. The number of unbranched alkanes of at least 4 members (excludes halogenated alkanes) is 2. The van der Waals surface area contributed by atoms with E-state index in [0.717, 1.165) is 42.2 Å². The van der Waals surface area contributed by atoms with E-state index in [4.69, 9.17) is 19.0 Å². The smallest absolute Gasteiger partial charge is 0.250 e. The number of carbonyl (C=O) groups is 2. The third-order valence-corrected chi connectivity index (χ3v) is 5.91. The molecule has 2 amide bonds. The van der Waals surface area contributed by atoms with Crippen LogP contribution in [-0.4, -0.2) is 51.1 Å². The maximum absolute atomic E-state index is 12.9. The number of rotatable bonds is 14. The Hall–Kier alpha value is -2.94. The Morgan fingerprint density at radius 3 is 2.78 bits per heavy atom. The van der Waals surface area contributed by atoms with Crippen molar-refractivity contribution < 1.29 is 28.6 Å². The highest BCUT2D eigenvalue weighted by molar-refractivity contribution is 5.94. The lowest BCUT2D eigenvalue weighted by Gasteiger charge is -2.22. The molecule has 2 N–H and O–H groups in total. The number of methoxy groups -OCH3 is 1. The van der Waals surface area contributed by atoms with Gasteiger partial charge in [0, 0.05) is 38.0 Å². The second kappa shape index (κ2) is 15.2. The molecule has 1 saturated heterocycles. The Morgan fingerprint density at radius 2 is 1.97 bits per heavy atom. The highest BCUT2D eigenvalue weighted by atomic mass is 16.8. The summed E-state index contributed by atoms with van der Waals surface area (Å²) in [6.07, 6.45) is 6.83. The fourth-order valence-corrected chi connectivity index (χ4v) is 4.00. The second-order valence-corrected chi connectivity index (χ2v) is 9.01. The molecule has 8 heteroatoms. The molecule has 2 aromatic rings. The van der Waals surface area contributed by atoms with E-state index in [1.165, 1.54) is 0 Å². The molecule has 196 valence electrons. The molecule has 1 aliphatic heterocycles. The maximum atomic E-state index is 12.9. The van der Waals surface area contributed by atoms with E-state index in [0.29, 0.717) is 38.0 Å². The van der Waals surface area contributed by atoms with E-state index in [-0.39, 0.29) is 30.8 Å². The number of benzene rings is 2. The van der Waals surface area contributed by atoms with Gasteiger partial charge in [-0.05, 0) is 50.5 Å².